The van der Waals surface area contributed by atoms with E-state index < -0.39 is 0 Å². The van der Waals surface area contributed by atoms with E-state index in [-0.39, 0.29) is 30.0 Å². The molecule has 1 aromatic carbocycles. The average Bonchev–Trinajstić information content (AvgIpc) is 3.34. The van der Waals surface area contributed by atoms with Crippen LogP contribution in [0.25, 0.3) is 0 Å². The number of nitrogens with zero attached hydrogens (tertiary/aromatic N) is 3. The molecule has 9 heteroatoms. The number of carbonyl (C=O) groups is 1. The lowest BCUT2D eigenvalue weighted by Crippen LogP contribution is -2.36. The van der Waals surface area contributed by atoms with Crippen LogP contribution in [-0.2, 0) is 13.1 Å². The van der Waals surface area contributed by atoms with Crippen molar-refractivity contribution in [3.8, 4) is 0 Å². The number of carbonyl (C=O) groups excluding carboxylic acids is 1. The van der Waals surface area contributed by atoms with Crippen molar-refractivity contribution in [2.45, 2.75) is 32.9 Å². The third-order valence-electron chi connectivity index (χ3n) is 4.33. The second kappa shape index (κ2) is 11.2. The molecule has 2 heterocycles. The van der Waals surface area contributed by atoms with Gasteiger partial charge in [-0.15, -0.1) is 35.3 Å². The Hall–Kier alpha value is -1.88. The van der Waals surface area contributed by atoms with Gasteiger partial charge in [0.05, 0.1) is 6.54 Å². The lowest BCUT2D eigenvalue weighted by atomic mass is 10.2. The van der Waals surface area contributed by atoms with Crippen molar-refractivity contribution in [2.75, 3.05) is 25.5 Å². The van der Waals surface area contributed by atoms with Crippen LogP contribution in [0.4, 0.5) is 10.5 Å². The van der Waals surface area contributed by atoms with Crippen molar-refractivity contribution in [1.29, 1.82) is 0 Å². The number of aliphatic imine (C=N–C) groups is 1. The maximum atomic E-state index is 12.2. The summed E-state index contributed by atoms with van der Waals surface area (Å²) in [5, 5.41) is 10.6. The zero-order chi connectivity index (χ0) is 19.1. The molecule has 1 aliphatic heterocycles. The Kier molecular flexibility index (Phi) is 8.97. The zero-order valence-electron chi connectivity index (χ0n) is 16.2. The van der Waals surface area contributed by atoms with E-state index in [9.17, 15) is 4.79 Å². The number of hydrogen-bond donors (Lipinski definition) is 3. The Morgan fingerprint density at radius 2 is 2.00 bits per heavy atom. The standard InChI is InChI=1S/C19H26N6OS.HI/c1-14-11-21-17(27-14)13-23-18(20-2)22-12-15-6-5-7-16(10-15)24-19(26)25-8-3-4-9-25;/h5-7,10-11H,3-4,8-9,12-13H2,1-2H3,(H,24,26)(H2,20,22,23);1H. The van der Waals surface area contributed by atoms with Crippen molar-refractivity contribution in [1.82, 2.24) is 20.5 Å². The summed E-state index contributed by atoms with van der Waals surface area (Å²) >= 11 is 1.67. The summed E-state index contributed by atoms with van der Waals surface area (Å²) in [4.78, 5) is 23.9. The van der Waals surface area contributed by atoms with Crippen molar-refractivity contribution in [3.63, 3.8) is 0 Å². The SMILES string of the molecule is CN=C(NCc1cccc(NC(=O)N2CCCC2)c1)NCc1ncc(C)s1.I. The fraction of sp³-hybridized carbons (Fsp3) is 0.421. The minimum atomic E-state index is -0.0196. The van der Waals surface area contributed by atoms with Gasteiger partial charge in [-0.25, -0.2) is 9.78 Å². The Morgan fingerprint density at radius 1 is 1.25 bits per heavy atom. The van der Waals surface area contributed by atoms with Crippen LogP contribution in [0, 0.1) is 6.92 Å². The first-order chi connectivity index (χ1) is 13.1. The molecule has 2 amide bonds. The third-order valence-corrected chi connectivity index (χ3v) is 5.24. The number of likely N-dealkylation sites (tertiary alicyclic amines) is 1. The van der Waals surface area contributed by atoms with Crippen molar-refractivity contribution in [3.05, 3.63) is 45.9 Å². The van der Waals surface area contributed by atoms with Gasteiger partial charge >= 0.3 is 6.03 Å². The molecule has 0 aliphatic carbocycles. The molecule has 28 heavy (non-hydrogen) atoms. The van der Waals surface area contributed by atoms with Crippen LogP contribution in [0.5, 0.6) is 0 Å². The highest BCUT2D eigenvalue weighted by Crippen LogP contribution is 2.14. The molecule has 2 aromatic rings. The number of benzene rings is 1. The summed E-state index contributed by atoms with van der Waals surface area (Å²) in [5.41, 5.74) is 1.88. The molecule has 1 saturated heterocycles. The molecule has 0 saturated carbocycles. The van der Waals surface area contributed by atoms with E-state index in [0.717, 1.165) is 42.2 Å². The van der Waals surface area contributed by atoms with Gasteiger partial charge in [0, 0.05) is 43.4 Å². The van der Waals surface area contributed by atoms with Gasteiger partial charge in [-0.2, -0.15) is 0 Å². The largest absolute Gasteiger partial charge is 0.352 e. The van der Waals surface area contributed by atoms with Gasteiger partial charge in [0.15, 0.2) is 5.96 Å². The first kappa shape index (κ1) is 22.4. The molecule has 1 fully saturated rings. The number of halogens is 1. The van der Waals surface area contributed by atoms with E-state index in [0.29, 0.717) is 19.0 Å². The second-order valence-electron chi connectivity index (χ2n) is 6.47. The molecule has 0 atom stereocenters. The Morgan fingerprint density at radius 3 is 2.68 bits per heavy atom. The highest BCUT2D eigenvalue weighted by molar-refractivity contribution is 14.0. The number of hydrogen-bond acceptors (Lipinski definition) is 4. The summed E-state index contributed by atoms with van der Waals surface area (Å²) in [7, 11) is 1.75. The first-order valence-electron chi connectivity index (χ1n) is 9.15. The third kappa shape index (κ3) is 6.62. The van der Waals surface area contributed by atoms with Crippen LogP contribution >= 0.6 is 35.3 Å². The summed E-state index contributed by atoms with van der Waals surface area (Å²) in [6, 6.07) is 7.85. The molecule has 0 unspecified atom stereocenters. The van der Waals surface area contributed by atoms with E-state index in [1.165, 1.54) is 4.88 Å². The van der Waals surface area contributed by atoms with Gasteiger partial charge in [-0.3, -0.25) is 4.99 Å². The summed E-state index contributed by atoms with van der Waals surface area (Å²) in [6.45, 7) is 4.99. The van der Waals surface area contributed by atoms with Crippen LogP contribution in [0.15, 0.2) is 35.5 Å². The van der Waals surface area contributed by atoms with Gasteiger partial charge < -0.3 is 20.9 Å². The first-order valence-corrected chi connectivity index (χ1v) is 9.96. The number of amides is 2. The molecule has 0 bridgehead atoms. The molecular formula is C19H27IN6OS. The molecule has 0 spiro atoms. The fourth-order valence-corrected chi connectivity index (χ4v) is 3.66. The second-order valence-corrected chi connectivity index (χ2v) is 7.79. The number of rotatable bonds is 5. The van der Waals surface area contributed by atoms with E-state index >= 15 is 0 Å². The van der Waals surface area contributed by atoms with E-state index in [1.54, 1.807) is 18.4 Å². The smallest absolute Gasteiger partial charge is 0.321 e. The maximum Gasteiger partial charge on any atom is 0.321 e. The van der Waals surface area contributed by atoms with Gasteiger partial charge in [0.25, 0.3) is 0 Å². The lowest BCUT2D eigenvalue weighted by molar-refractivity contribution is 0.222. The van der Waals surface area contributed by atoms with Crippen molar-refractivity contribution < 1.29 is 4.79 Å². The van der Waals surface area contributed by atoms with Crippen LogP contribution in [0.1, 0.15) is 28.3 Å². The average molecular weight is 514 g/mol. The highest BCUT2D eigenvalue weighted by atomic mass is 127. The normalized spacial score (nSPS) is 13.8. The number of thiazole rings is 1. The zero-order valence-corrected chi connectivity index (χ0v) is 19.3. The molecular weight excluding hydrogens is 487 g/mol. The fourth-order valence-electron chi connectivity index (χ4n) is 2.93. The van der Waals surface area contributed by atoms with Crippen LogP contribution in [-0.4, -0.2) is 42.0 Å². The number of guanidine groups is 1. The lowest BCUT2D eigenvalue weighted by Gasteiger charge is -2.17. The van der Waals surface area contributed by atoms with Crippen LogP contribution < -0.4 is 16.0 Å². The van der Waals surface area contributed by atoms with Crippen LogP contribution in [0.3, 0.4) is 0 Å². The molecule has 3 rings (SSSR count). The summed E-state index contributed by atoms with van der Waals surface area (Å²) < 4.78 is 0. The molecule has 1 aromatic heterocycles. The van der Waals surface area contributed by atoms with Crippen molar-refractivity contribution in [2.24, 2.45) is 4.99 Å². The maximum absolute atomic E-state index is 12.2. The minimum Gasteiger partial charge on any atom is -0.352 e. The Balaban J connectivity index is 0.00000280. The molecule has 0 radical (unpaired) electrons. The van der Waals surface area contributed by atoms with Gasteiger partial charge in [0.1, 0.15) is 5.01 Å². The predicted octanol–water partition coefficient (Wildman–Crippen LogP) is 3.56. The Labute approximate surface area is 187 Å². The quantitative estimate of drug-likeness (QED) is 0.324. The topological polar surface area (TPSA) is 81.7 Å². The van der Waals surface area contributed by atoms with E-state index in [1.807, 2.05) is 42.3 Å². The summed E-state index contributed by atoms with van der Waals surface area (Å²) in [6.07, 6.45) is 4.05. The number of aromatic nitrogens is 1. The monoisotopic (exact) mass is 514 g/mol. The number of anilines is 1. The van der Waals surface area contributed by atoms with Gasteiger partial charge in [-0.05, 0) is 37.5 Å². The number of urea groups is 1. The number of nitrogens with one attached hydrogen (secondary N) is 3. The molecule has 1 aliphatic rings. The summed E-state index contributed by atoms with van der Waals surface area (Å²) in [5.74, 6) is 0.717. The molecule has 152 valence electrons. The Bertz CT molecular complexity index is 803. The minimum absolute atomic E-state index is 0. The van der Waals surface area contributed by atoms with Crippen molar-refractivity contribution >= 4 is 53.0 Å². The van der Waals surface area contributed by atoms with Crippen LogP contribution in [0.2, 0.25) is 0 Å². The molecule has 7 nitrogen and oxygen atoms in total. The van der Waals surface area contributed by atoms with Gasteiger partial charge in [0.2, 0.25) is 0 Å². The predicted molar refractivity (Wildman–Crippen MR) is 126 cm³/mol. The van der Waals surface area contributed by atoms with Gasteiger partial charge in [-0.1, -0.05) is 12.1 Å². The number of aryl methyl sites for hydroxylation is 1. The molecule has 3 N–H and O–H groups in total. The highest BCUT2D eigenvalue weighted by Gasteiger charge is 2.17. The van der Waals surface area contributed by atoms with E-state index in [4.69, 9.17) is 0 Å². The van der Waals surface area contributed by atoms with E-state index in [2.05, 4.69) is 25.9 Å².